The van der Waals surface area contributed by atoms with Gasteiger partial charge in [-0.15, -0.1) is 0 Å². The van der Waals surface area contributed by atoms with E-state index in [1.54, 1.807) is 6.07 Å². The summed E-state index contributed by atoms with van der Waals surface area (Å²) in [6, 6.07) is 3.01. The molecule has 2 radical (unpaired) electrons. The number of amides is 1. The zero-order valence-corrected chi connectivity index (χ0v) is 19.3. The van der Waals surface area contributed by atoms with Crippen LogP contribution in [-0.4, -0.2) is 59.1 Å². The number of rotatable bonds is 7. The number of ether oxygens (including phenoxy) is 2. The standard InChI is InChI=1S/C21H30N2O5Si/c1-20(2,3)29-28-21(4,5)18-9-8-10-23(18)19(25)14-11-16(26-6)17(27-7)12-15(14)22-13-24/h11-12,18H,8-10H2,1-7H3. The van der Waals surface area contributed by atoms with Crippen LogP contribution in [0.3, 0.4) is 0 Å². The summed E-state index contributed by atoms with van der Waals surface area (Å²) < 4.78 is 16.9. The van der Waals surface area contributed by atoms with E-state index in [-0.39, 0.29) is 28.2 Å². The molecular formula is C21H30N2O5Si. The number of benzene rings is 1. The molecule has 0 aromatic heterocycles. The first-order valence-corrected chi connectivity index (χ1v) is 10.5. The Labute approximate surface area is 175 Å². The third-order valence-electron chi connectivity index (χ3n) is 4.83. The molecule has 0 N–H and O–H groups in total. The Bertz CT molecular complexity index is 797. The van der Waals surface area contributed by atoms with Crippen molar-refractivity contribution in [3.63, 3.8) is 0 Å². The highest BCUT2D eigenvalue weighted by Gasteiger charge is 2.42. The van der Waals surface area contributed by atoms with Gasteiger partial charge in [0.05, 0.1) is 37.1 Å². The van der Waals surface area contributed by atoms with Crippen molar-refractivity contribution in [1.29, 1.82) is 0 Å². The summed E-state index contributed by atoms with van der Waals surface area (Å²) in [5.41, 5.74) is -0.00160. The van der Waals surface area contributed by atoms with Crippen LogP contribution in [-0.2, 0) is 9.22 Å². The van der Waals surface area contributed by atoms with Crippen molar-refractivity contribution >= 4 is 27.4 Å². The maximum atomic E-state index is 13.5. The summed E-state index contributed by atoms with van der Waals surface area (Å²) in [5, 5.41) is 0.0555. The molecule has 2 rings (SSSR count). The van der Waals surface area contributed by atoms with Crippen LogP contribution in [0, 0.1) is 0 Å². The predicted molar refractivity (Wildman–Crippen MR) is 112 cm³/mol. The molecule has 1 heterocycles. The molecule has 1 unspecified atom stereocenters. The summed E-state index contributed by atoms with van der Waals surface area (Å²) in [7, 11) is 3.30. The number of likely N-dealkylation sites (tertiary alicyclic amines) is 1. The van der Waals surface area contributed by atoms with Gasteiger partial charge < -0.3 is 18.8 Å². The van der Waals surface area contributed by atoms with Crippen LogP contribution < -0.4 is 9.47 Å². The normalized spacial score (nSPS) is 17.1. The van der Waals surface area contributed by atoms with Crippen LogP contribution >= 0.6 is 0 Å². The molecule has 1 aromatic carbocycles. The highest BCUT2D eigenvalue weighted by molar-refractivity contribution is 6.31. The van der Waals surface area contributed by atoms with E-state index in [0.717, 1.165) is 12.8 Å². The highest BCUT2D eigenvalue weighted by atomic mass is 28.2. The topological polar surface area (TPSA) is 77.4 Å². The molecular weight excluding hydrogens is 388 g/mol. The van der Waals surface area contributed by atoms with Gasteiger partial charge in [-0.05, 0) is 37.8 Å². The van der Waals surface area contributed by atoms with Crippen molar-refractivity contribution < 1.29 is 23.5 Å². The third kappa shape index (κ3) is 5.47. The van der Waals surface area contributed by atoms with Gasteiger partial charge in [-0.3, -0.25) is 4.79 Å². The first kappa shape index (κ1) is 23.1. The van der Waals surface area contributed by atoms with E-state index in [2.05, 4.69) is 25.8 Å². The van der Waals surface area contributed by atoms with Crippen molar-refractivity contribution in [2.75, 3.05) is 20.8 Å². The number of methoxy groups -OCH3 is 2. The van der Waals surface area contributed by atoms with E-state index in [1.807, 2.05) is 18.7 Å². The zero-order valence-electron chi connectivity index (χ0n) is 18.3. The molecule has 0 spiro atoms. The molecule has 0 aliphatic carbocycles. The maximum absolute atomic E-state index is 13.5. The van der Waals surface area contributed by atoms with Crippen molar-refractivity contribution in [1.82, 2.24) is 4.90 Å². The number of nitrogens with zero attached hydrogens (tertiary/aromatic N) is 2. The molecule has 1 fully saturated rings. The maximum Gasteiger partial charge on any atom is 0.256 e. The Balaban J connectivity index is 2.38. The Morgan fingerprint density at radius 2 is 1.79 bits per heavy atom. The lowest BCUT2D eigenvalue weighted by Crippen LogP contribution is -2.50. The molecule has 1 aliphatic rings. The second-order valence-electron chi connectivity index (χ2n) is 8.64. The minimum absolute atomic E-state index is 0.0555. The van der Waals surface area contributed by atoms with Gasteiger partial charge in [0.1, 0.15) is 0 Å². The van der Waals surface area contributed by atoms with Gasteiger partial charge in [0.15, 0.2) is 11.5 Å². The van der Waals surface area contributed by atoms with E-state index < -0.39 is 5.60 Å². The van der Waals surface area contributed by atoms with Gasteiger partial charge in [-0.25, -0.2) is 4.79 Å². The first-order chi connectivity index (χ1) is 13.5. The van der Waals surface area contributed by atoms with E-state index in [0.29, 0.717) is 27.8 Å². The molecule has 0 saturated carbocycles. The van der Waals surface area contributed by atoms with Crippen LogP contribution in [0.15, 0.2) is 17.1 Å². The van der Waals surface area contributed by atoms with Gasteiger partial charge >= 0.3 is 0 Å². The molecule has 1 aromatic rings. The van der Waals surface area contributed by atoms with E-state index in [9.17, 15) is 9.59 Å². The van der Waals surface area contributed by atoms with E-state index >= 15 is 0 Å². The number of aliphatic imine (C=N–C) groups is 1. The average molecular weight is 419 g/mol. The molecule has 29 heavy (non-hydrogen) atoms. The second-order valence-corrected chi connectivity index (χ2v) is 10.5. The van der Waals surface area contributed by atoms with Crippen LogP contribution in [0.1, 0.15) is 57.8 Å². The lowest BCUT2D eigenvalue weighted by atomic mass is 9.96. The third-order valence-corrected chi connectivity index (χ3v) is 6.08. The Morgan fingerprint density at radius 1 is 1.17 bits per heavy atom. The summed E-state index contributed by atoms with van der Waals surface area (Å²) in [6.45, 7) is 11.1. The largest absolute Gasteiger partial charge is 0.493 e. The molecule has 0 bridgehead atoms. The van der Waals surface area contributed by atoms with Crippen molar-refractivity contribution in [2.45, 2.75) is 64.1 Å². The van der Waals surface area contributed by atoms with Gasteiger partial charge in [-0.2, -0.15) is 4.99 Å². The zero-order chi connectivity index (χ0) is 21.8. The molecule has 8 heteroatoms. The molecule has 1 saturated heterocycles. The number of carbonyl (C=O) groups excluding carboxylic acids is 2. The summed E-state index contributed by atoms with van der Waals surface area (Å²) in [5.74, 6) is 0.588. The fourth-order valence-corrected chi connectivity index (χ4v) is 4.13. The van der Waals surface area contributed by atoms with E-state index in [4.69, 9.17) is 13.9 Å². The first-order valence-electron chi connectivity index (χ1n) is 9.64. The molecule has 1 aliphatic heterocycles. The van der Waals surface area contributed by atoms with Crippen molar-refractivity contribution in [3.8, 4) is 11.5 Å². The van der Waals surface area contributed by atoms with Crippen LogP contribution in [0.2, 0.25) is 5.04 Å². The van der Waals surface area contributed by atoms with Gasteiger partial charge in [-0.1, -0.05) is 20.8 Å². The number of hydrogen-bond acceptors (Lipinski definition) is 6. The number of isocyanates is 1. The average Bonchev–Trinajstić information content (AvgIpc) is 3.16. The molecule has 158 valence electrons. The lowest BCUT2D eigenvalue weighted by molar-refractivity contribution is 0.0179. The lowest BCUT2D eigenvalue weighted by Gasteiger charge is -2.39. The number of carbonyl (C=O) groups is 1. The minimum Gasteiger partial charge on any atom is -0.493 e. The quantitative estimate of drug-likeness (QED) is 0.381. The van der Waals surface area contributed by atoms with Gasteiger partial charge in [0.2, 0.25) is 15.8 Å². The van der Waals surface area contributed by atoms with Gasteiger partial charge in [0, 0.05) is 12.6 Å². The van der Waals surface area contributed by atoms with Crippen LogP contribution in [0.4, 0.5) is 5.69 Å². The Kier molecular flexibility index (Phi) is 7.27. The summed E-state index contributed by atoms with van der Waals surface area (Å²) in [6.07, 6.45) is 3.27. The monoisotopic (exact) mass is 418 g/mol. The van der Waals surface area contributed by atoms with Crippen molar-refractivity contribution in [3.05, 3.63) is 17.7 Å². The fraction of sp³-hybridized carbons (Fsp3) is 0.619. The summed E-state index contributed by atoms with van der Waals surface area (Å²) >= 11 is 0. The Hall–Kier alpha value is -2.15. The summed E-state index contributed by atoms with van der Waals surface area (Å²) in [4.78, 5) is 29.9. The van der Waals surface area contributed by atoms with E-state index in [1.165, 1.54) is 26.4 Å². The van der Waals surface area contributed by atoms with Crippen LogP contribution in [0.5, 0.6) is 11.5 Å². The second kappa shape index (κ2) is 9.11. The highest BCUT2D eigenvalue weighted by Crippen LogP contribution is 2.38. The van der Waals surface area contributed by atoms with Crippen LogP contribution in [0.25, 0.3) is 0 Å². The van der Waals surface area contributed by atoms with Gasteiger partial charge in [0.25, 0.3) is 5.91 Å². The molecule has 7 nitrogen and oxygen atoms in total. The number of hydrogen-bond donors (Lipinski definition) is 0. The minimum atomic E-state index is -0.497. The predicted octanol–water partition coefficient (Wildman–Crippen LogP) is 3.91. The molecule has 1 amide bonds. The molecule has 1 atom stereocenters. The SMILES string of the molecule is COc1cc(N=C=O)c(C(=O)N2CCCC2C(C)(C)O[Si]C(C)(C)C)cc1OC. The van der Waals surface area contributed by atoms with Crippen molar-refractivity contribution in [2.24, 2.45) is 4.99 Å². The Morgan fingerprint density at radius 3 is 2.34 bits per heavy atom. The fourth-order valence-electron chi connectivity index (χ4n) is 3.42. The smallest absolute Gasteiger partial charge is 0.256 e.